The van der Waals surface area contributed by atoms with Crippen molar-refractivity contribution in [2.75, 3.05) is 23.3 Å². The van der Waals surface area contributed by atoms with Gasteiger partial charge in [-0.25, -0.2) is 9.37 Å². The van der Waals surface area contributed by atoms with Crippen molar-refractivity contribution >= 4 is 29.1 Å². The Bertz CT molecular complexity index is 1080. The van der Waals surface area contributed by atoms with E-state index in [-0.39, 0.29) is 17.5 Å². The molecule has 1 saturated heterocycles. The highest BCUT2D eigenvalue weighted by molar-refractivity contribution is 6.30. The third-order valence-corrected chi connectivity index (χ3v) is 5.52. The maximum absolute atomic E-state index is 13.3. The second kappa shape index (κ2) is 8.84. The molecule has 2 aromatic heterocycles. The molecule has 1 aliphatic heterocycles. The Morgan fingerprint density at radius 3 is 2.61 bits per heavy atom. The van der Waals surface area contributed by atoms with E-state index in [9.17, 15) is 14.5 Å². The van der Waals surface area contributed by atoms with Gasteiger partial charge in [0, 0.05) is 30.6 Å². The van der Waals surface area contributed by atoms with Crippen LogP contribution in [0.3, 0.4) is 0 Å². The average Bonchev–Trinajstić information content (AvgIpc) is 3.20. The number of halogens is 2. The molecule has 3 aromatic rings. The summed E-state index contributed by atoms with van der Waals surface area (Å²) < 4.78 is 15.4. The second-order valence-corrected chi connectivity index (χ2v) is 7.70. The molecule has 1 aromatic carbocycles. The van der Waals surface area contributed by atoms with Gasteiger partial charge in [0.15, 0.2) is 0 Å². The van der Waals surface area contributed by atoms with Crippen LogP contribution in [0.5, 0.6) is 0 Å². The summed E-state index contributed by atoms with van der Waals surface area (Å²) in [6.45, 7) is 3.39. The van der Waals surface area contributed by atoms with Crippen LogP contribution in [0, 0.1) is 15.9 Å². The number of aryl methyl sites for hydroxylation is 1. The number of nitro groups is 1. The Hall–Kier alpha value is -3.27. The first-order chi connectivity index (χ1) is 15.0. The molecule has 11 heteroatoms. The molecular weight excluding hydrogens is 425 g/mol. The lowest BCUT2D eigenvalue weighted by Crippen LogP contribution is -2.40. The number of hydrogen-bond acceptors (Lipinski definition) is 7. The van der Waals surface area contributed by atoms with Crippen molar-refractivity contribution in [2.24, 2.45) is 0 Å². The van der Waals surface area contributed by atoms with Crippen LogP contribution in [0.2, 0.25) is 5.02 Å². The molecule has 1 N–H and O–H groups in total. The van der Waals surface area contributed by atoms with Crippen LogP contribution in [-0.2, 0) is 6.42 Å². The molecule has 3 heterocycles. The van der Waals surface area contributed by atoms with E-state index in [4.69, 9.17) is 11.6 Å². The van der Waals surface area contributed by atoms with Gasteiger partial charge in [-0.15, -0.1) is 10.2 Å². The Kier molecular flexibility index (Phi) is 5.99. The van der Waals surface area contributed by atoms with Crippen molar-refractivity contribution in [3.05, 3.63) is 63.3 Å². The van der Waals surface area contributed by atoms with Crippen LogP contribution in [0.4, 0.5) is 21.8 Å². The molecule has 31 heavy (non-hydrogen) atoms. The molecule has 0 atom stereocenters. The van der Waals surface area contributed by atoms with Crippen LogP contribution in [0.1, 0.15) is 25.6 Å². The Balaban J connectivity index is 1.49. The van der Waals surface area contributed by atoms with Gasteiger partial charge < -0.3 is 10.2 Å². The largest absolute Gasteiger partial charge is 0.361 e. The highest BCUT2D eigenvalue weighted by Crippen LogP contribution is 2.28. The summed E-state index contributed by atoms with van der Waals surface area (Å²) in [6.07, 6.45) is 3.13. The lowest BCUT2D eigenvalue weighted by molar-refractivity contribution is -0.384. The van der Waals surface area contributed by atoms with E-state index in [1.165, 1.54) is 0 Å². The average molecular weight is 446 g/mol. The zero-order valence-electron chi connectivity index (χ0n) is 16.8. The summed E-state index contributed by atoms with van der Waals surface area (Å²) in [5.41, 5.74) is 0.574. The molecule has 0 bridgehead atoms. The van der Waals surface area contributed by atoms with Crippen molar-refractivity contribution in [3.63, 3.8) is 0 Å². The number of piperidine rings is 1. The second-order valence-electron chi connectivity index (χ2n) is 7.27. The molecule has 0 unspecified atom stereocenters. The summed E-state index contributed by atoms with van der Waals surface area (Å²) in [7, 11) is 0. The van der Waals surface area contributed by atoms with Crippen molar-refractivity contribution in [1.82, 2.24) is 19.7 Å². The molecule has 162 valence electrons. The predicted octanol–water partition coefficient (Wildman–Crippen LogP) is 4.01. The number of nitrogens with one attached hydrogen (secondary N) is 1. The van der Waals surface area contributed by atoms with Crippen LogP contribution >= 0.6 is 11.6 Å². The maximum atomic E-state index is 13.3. The van der Waals surface area contributed by atoms with Crippen molar-refractivity contribution in [2.45, 2.75) is 32.2 Å². The molecule has 0 saturated carbocycles. The SMILES string of the molecule is CCc1nnc(N2CCC(Nc3ncc(F)cc3[N+](=O)[O-])CC2)n1-c1ccc(Cl)cc1. The normalized spacial score (nSPS) is 14.6. The maximum Gasteiger partial charge on any atom is 0.314 e. The van der Waals surface area contributed by atoms with E-state index in [1.54, 1.807) is 0 Å². The smallest absolute Gasteiger partial charge is 0.314 e. The monoisotopic (exact) mass is 445 g/mol. The number of anilines is 2. The van der Waals surface area contributed by atoms with Gasteiger partial charge in [0.05, 0.1) is 22.9 Å². The van der Waals surface area contributed by atoms with E-state index < -0.39 is 10.7 Å². The molecule has 1 aliphatic rings. The molecule has 0 radical (unpaired) electrons. The lowest BCUT2D eigenvalue weighted by Gasteiger charge is -2.33. The molecular formula is C20H21ClFN7O2. The Morgan fingerprint density at radius 2 is 1.97 bits per heavy atom. The third-order valence-electron chi connectivity index (χ3n) is 5.26. The fraction of sp³-hybridized carbons (Fsp3) is 0.350. The van der Waals surface area contributed by atoms with Gasteiger partial charge in [-0.05, 0) is 37.1 Å². The summed E-state index contributed by atoms with van der Waals surface area (Å²) in [5, 5.41) is 23.7. The van der Waals surface area contributed by atoms with Gasteiger partial charge in [-0.2, -0.15) is 0 Å². The number of nitrogens with zero attached hydrogens (tertiary/aromatic N) is 6. The molecule has 4 rings (SSSR count). The number of benzene rings is 1. The first kappa shape index (κ1) is 21.0. The minimum Gasteiger partial charge on any atom is -0.361 e. The van der Waals surface area contributed by atoms with Crippen LogP contribution in [-0.4, -0.2) is 43.8 Å². The van der Waals surface area contributed by atoms with E-state index in [0.717, 1.165) is 36.1 Å². The highest BCUT2D eigenvalue weighted by atomic mass is 35.5. The molecule has 9 nitrogen and oxygen atoms in total. The Morgan fingerprint density at radius 1 is 1.26 bits per heavy atom. The zero-order chi connectivity index (χ0) is 22.0. The number of hydrogen-bond donors (Lipinski definition) is 1. The van der Waals surface area contributed by atoms with Gasteiger partial charge in [-0.3, -0.25) is 14.7 Å². The fourth-order valence-electron chi connectivity index (χ4n) is 3.69. The molecule has 0 amide bonds. The van der Waals surface area contributed by atoms with Gasteiger partial charge in [0.1, 0.15) is 11.6 Å². The number of rotatable bonds is 6. The topological polar surface area (TPSA) is 102 Å². The van der Waals surface area contributed by atoms with E-state index in [1.807, 2.05) is 35.8 Å². The van der Waals surface area contributed by atoms with Gasteiger partial charge >= 0.3 is 5.69 Å². The van der Waals surface area contributed by atoms with Gasteiger partial charge in [0.2, 0.25) is 11.8 Å². The first-order valence-electron chi connectivity index (χ1n) is 9.98. The van der Waals surface area contributed by atoms with E-state index in [0.29, 0.717) is 31.0 Å². The number of aromatic nitrogens is 4. The zero-order valence-corrected chi connectivity index (χ0v) is 17.6. The van der Waals surface area contributed by atoms with E-state index in [2.05, 4.69) is 25.4 Å². The standard InChI is InChI=1S/C20H21ClFN7O2/c1-2-18-25-26-20(28(18)16-5-3-13(21)4-6-16)27-9-7-15(8-10-27)24-19-17(29(30)31)11-14(22)12-23-19/h3-6,11-12,15H,2,7-10H2,1H3,(H,23,24). The minimum absolute atomic E-state index is 0.0227. The van der Waals surface area contributed by atoms with Crippen molar-refractivity contribution in [1.29, 1.82) is 0 Å². The predicted molar refractivity (Wildman–Crippen MR) is 115 cm³/mol. The van der Waals surface area contributed by atoms with Crippen molar-refractivity contribution < 1.29 is 9.31 Å². The number of pyridine rings is 1. The summed E-state index contributed by atoms with van der Waals surface area (Å²) >= 11 is 6.03. The van der Waals surface area contributed by atoms with Crippen LogP contribution < -0.4 is 10.2 Å². The Labute approximate surface area is 183 Å². The molecule has 0 aliphatic carbocycles. The summed E-state index contributed by atoms with van der Waals surface area (Å²) in [6, 6.07) is 8.39. The highest BCUT2D eigenvalue weighted by Gasteiger charge is 2.27. The lowest BCUT2D eigenvalue weighted by atomic mass is 10.1. The van der Waals surface area contributed by atoms with Crippen LogP contribution in [0.25, 0.3) is 5.69 Å². The first-order valence-corrected chi connectivity index (χ1v) is 10.4. The third kappa shape index (κ3) is 4.43. The van der Waals surface area contributed by atoms with E-state index >= 15 is 0 Å². The quantitative estimate of drug-likeness (QED) is 0.451. The fourth-order valence-corrected chi connectivity index (χ4v) is 3.82. The van der Waals surface area contributed by atoms with Crippen molar-refractivity contribution in [3.8, 4) is 5.69 Å². The van der Waals surface area contributed by atoms with Crippen LogP contribution in [0.15, 0.2) is 36.5 Å². The van der Waals surface area contributed by atoms with Gasteiger partial charge in [0.25, 0.3) is 0 Å². The summed E-state index contributed by atoms with van der Waals surface area (Å²) in [5.74, 6) is 0.954. The minimum atomic E-state index is -0.736. The molecule has 1 fully saturated rings. The summed E-state index contributed by atoms with van der Waals surface area (Å²) in [4.78, 5) is 16.6. The van der Waals surface area contributed by atoms with Gasteiger partial charge in [-0.1, -0.05) is 18.5 Å². The molecule has 0 spiro atoms.